The Morgan fingerprint density at radius 3 is 2.24 bits per heavy atom. The van der Waals surface area contributed by atoms with Crippen LogP contribution in [0.5, 0.6) is 11.5 Å². The van der Waals surface area contributed by atoms with Crippen LogP contribution in [0.1, 0.15) is 55.4 Å². The van der Waals surface area contributed by atoms with Crippen molar-refractivity contribution in [2.45, 2.75) is 46.6 Å². The zero-order valence-corrected chi connectivity index (χ0v) is 17.3. The average molecular weight is 394 g/mol. The molecule has 0 spiro atoms. The highest BCUT2D eigenvalue weighted by atomic mass is 16.3. The van der Waals surface area contributed by atoms with E-state index in [4.69, 9.17) is 0 Å². The number of aryl methyl sites for hydroxylation is 1. The van der Waals surface area contributed by atoms with Gasteiger partial charge in [-0.3, -0.25) is 9.36 Å². The molecule has 2 aromatic carbocycles. The maximum absolute atomic E-state index is 12.2. The van der Waals surface area contributed by atoms with Gasteiger partial charge < -0.3 is 15.5 Å². The molecule has 0 aliphatic carbocycles. The first kappa shape index (κ1) is 20.4. The van der Waals surface area contributed by atoms with Crippen molar-refractivity contribution < 1.29 is 15.0 Å². The smallest absolute Gasteiger partial charge is 0.251 e. The molecule has 0 fully saturated rings. The number of aromatic nitrogens is 3. The normalized spacial score (nSPS) is 11.3. The number of hydrogen-bond acceptors (Lipinski definition) is 5. The number of aromatic hydroxyl groups is 2. The minimum Gasteiger partial charge on any atom is -0.508 e. The second kappa shape index (κ2) is 7.95. The maximum atomic E-state index is 12.2. The summed E-state index contributed by atoms with van der Waals surface area (Å²) in [5, 5.41) is 31.8. The Morgan fingerprint density at radius 2 is 1.66 bits per heavy atom. The summed E-state index contributed by atoms with van der Waals surface area (Å²) in [5.41, 5.74) is 2.52. The monoisotopic (exact) mass is 394 g/mol. The predicted octanol–water partition coefficient (Wildman–Crippen LogP) is 3.92. The van der Waals surface area contributed by atoms with Crippen molar-refractivity contribution in [2.24, 2.45) is 0 Å². The molecule has 3 N–H and O–H groups in total. The highest BCUT2D eigenvalue weighted by Gasteiger charge is 2.20. The van der Waals surface area contributed by atoms with Gasteiger partial charge in [0.25, 0.3) is 5.91 Å². The van der Waals surface area contributed by atoms with Crippen LogP contribution < -0.4 is 5.32 Å². The molecule has 0 bridgehead atoms. The number of carbonyl (C=O) groups is 1. The molecule has 1 heterocycles. The number of nitrogens with zero attached hydrogens (tertiary/aromatic N) is 3. The summed E-state index contributed by atoms with van der Waals surface area (Å²) < 4.78 is 1.81. The molecule has 7 nitrogen and oxygen atoms in total. The van der Waals surface area contributed by atoms with Gasteiger partial charge in [-0.25, -0.2) is 0 Å². The number of carbonyl (C=O) groups excluding carboxylic acids is 1. The van der Waals surface area contributed by atoms with E-state index in [1.807, 2.05) is 46.8 Å². The van der Waals surface area contributed by atoms with Gasteiger partial charge in [-0.1, -0.05) is 13.8 Å². The zero-order chi connectivity index (χ0) is 21.3. The summed E-state index contributed by atoms with van der Waals surface area (Å²) in [7, 11) is 0. The Labute approximate surface area is 170 Å². The van der Waals surface area contributed by atoms with Gasteiger partial charge in [0, 0.05) is 23.4 Å². The molecule has 0 aliphatic rings. The van der Waals surface area contributed by atoms with Gasteiger partial charge in [0.15, 0.2) is 5.82 Å². The molecule has 3 rings (SSSR count). The Hall–Kier alpha value is -3.35. The van der Waals surface area contributed by atoms with Crippen molar-refractivity contribution in [3.05, 3.63) is 53.3 Å². The van der Waals surface area contributed by atoms with E-state index in [9.17, 15) is 15.0 Å². The van der Waals surface area contributed by atoms with Crippen LogP contribution in [-0.2, 0) is 0 Å². The number of hydrogen-bond donors (Lipinski definition) is 3. The molecule has 0 saturated heterocycles. The van der Waals surface area contributed by atoms with E-state index in [0.717, 1.165) is 5.69 Å². The fourth-order valence-electron chi connectivity index (χ4n) is 3.19. The molecule has 0 atom stereocenters. The number of nitrogens with one attached hydrogen (secondary N) is 1. The lowest BCUT2D eigenvalue weighted by atomic mass is 9.98. The summed E-state index contributed by atoms with van der Waals surface area (Å²) in [6, 6.07) is 10.2. The third-order valence-corrected chi connectivity index (χ3v) is 4.64. The van der Waals surface area contributed by atoms with Crippen LogP contribution in [0, 0.1) is 6.92 Å². The fourth-order valence-corrected chi connectivity index (χ4v) is 3.19. The maximum Gasteiger partial charge on any atom is 0.251 e. The molecular weight excluding hydrogens is 368 g/mol. The first-order valence-electron chi connectivity index (χ1n) is 9.58. The van der Waals surface area contributed by atoms with Crippen molar-refractivity contribution >= 4 is 5.91 Å². The molecule has 0 saturated carbocycles. The SMILES string of the molecule is Cc1nnc(-c2cc(C(C)C)c(O)cc2O)n1-c1ccc(C(=O)NC(C)C)cc1. The third-order valence-electron chi connectivity index (χ3n) is 4.64. The topological polar surface area (TPSA) is 100 Å². The minimum atomic E-state index is -0.134. The second-order valence-electron chi connectivity index (χ2n) is 7.66. The van der Waals surface area contributed by atoms with Gasteiger partial charge >= 0.3 is 0 Å². The van der Waals surface area contributed by atoms with E-state index in [1.54, 1.807) is 22.8 Å². The van der Waals surface area contributed by atoms with Crippen LogP contribution in [0.25, 0.3) is 17.1 Å². The molecule has 0 radical (unpaired) electrons. The molecule has 152 valence electrons. The van der Waals surface area contributed by atoms with Crippen molar-refractivity contribution in [1.82, 2.24) is 20.1 Å². The highest BCUT2D eigenvalue weighted by molar-refractivity contribution is 5.94. The van der Waals surface area contributed by atoms with Crippen molar-refractivity contribution in [2.75, 3.05) is 0 Å². The van der Waals surface area contributed by atoms with Gasteiger partial charge in [0.1, 0.15) is 17.3 Å². The molecule has 1 aromatic heterocycles. The summed E-state index contributed by atoms with van der Waals surface area (Å²) in [6.45, 7) is 9.57. The van der Waals surface area contributed by atoms with Crippen molar-refractivity contribution in [3.63, 3.8) is 0 Å². The lowest BCUT2D eigenvalue weighted by Crippen LogP contribution is -2.29. The zero-order valence-electron chi connectivity index (χ0n) is 17.3. The van der Waals surface area contributed by atoms with E-state index in [0.29, 0.717) is 28.3 Å². The third kappa shape index (κ3) is 4.08. The van der Waals surface area contributed by atoms with E-state index in [-0.39, 0.29) is 29.4 Å². The number of phenols is 2. The van der Waals surface area contributed by atoms with E-state index < -0.39 is 0 Å². The number of benzene rings is 2. The minimum absolute atomic E-state index is 0.0459. The Bertz CT molecular complexity index is 1040. The molecular formula is C22H26N4O3. The fraction of sp³-hybridized carbons (Fsp3) is 0.318. The lowest BCUT2D eigenvalue weighted by molar-refractivity contribution is 0.0943. The summed E-state index contributed by atoms with van der Waals surface area (Å²) in [4.78, 5) is 12.2. The number of phenolic OH excluding ortho intramolecular Hbond substituents is 2. The Kier molecular flexibility index (Phi) is 5.59. The number of amides is 1. The van der Waals surface area contributed by atoms with Gasteiger partial charge in [-0.05, 0) is 62.6 Å². The van der Waals surface area contributed by atoms with E-state index >= 15 is 0 Å². The van der Waals surface area contributed by atoms with Gasteiger partial charge in [0.05, 0.1) is 5.56 Å². The van der Waals surface area contributed by atoms with Crippen molar-refractivity contribution in [3.8, 4) is 28.6 Å². The molecule has 0 unspecified atom stereocenters. The standard InChI is InChI=1S/C22H26N4O3/c1-12(2)17-10-18(20(28)11-19(17)27)21-25-24-14(5)26(21)16-8-6-15(7-9-16)22(29)23-13(3)4/h6-13,27-28H,1-5H3,(H,23,29). The summed E-state index contributed by atoms with van der Waals surface area (Å²) in [6.07, 6.45) is 0. The van der Waals surface area contributed by atoms with Crippen LogP contribution in [0.2, 0.25) is 0 Å². The van der Waals surface area contributed by atoms with E-state index in [2.05, 4.69) is 15.5 Å². The van der Waals surface area contributed by atoms with Crippen LogP contribution in [0.4, 0.5) is 0 Å². The summed E-state index contributed by atoms with van der Waals surface area (Å²) >= 11 is 0. The molecule has 3 aromatic rings. The quantitative estimate of drug-likeness (QED) is 0.609. The van der Waals surface area contributed by atoms with Crippen LogP contribution in [0.3, 0.4) is 0 Å². The molecule has 7 heteroatoms. The van der Waals surface area contributed by atoms with Gasteiger partial charge in [0.2, 0.25) is 0 Å². The molecule has 0 aliphatic heterocycles. The van der Waals surface area contributed by atoms with Crippen LogP contribution in [0.15, 0.2) is 36.4 Å². The van der Waals surface area contributed by atoms with E-state index in [1.165, 1.54) is 6.07 Å². The van der Waals surface area contributed by atoms with Crippen molar-refractivity contribution in [1.29, 1.82) is 0 Å². The average Bonchev–Trinajstić information content (AvgIpc) is 3.02. The summed E-state index contributed by atoms with van der Waals surface area (Å²) in [5.74, 6) is 1.01. The second-order valence-corrected chi connectivity index (χ2v) is 7.66. The first-order chi connectivity index (χ1) is 13.7. The van der Waals surface area contributed by atoms with Gasteiger partial charge in [-0.15, -0.1) is 10.2 Å². The van der Waals surface area contributed by atoms with Crippen LogP contribution >= 0.6 is 0 Å². The van der Waals surface area contributed by atoms with Crippen LogP contribution in [-0.4, -0.2) is 36.9 Å². The molecule has 1 amide bonds. The highest BCUT2D eigenvalue weighted by Crippen LogP contribution is 2.38. The first-order valence-corrected chi connectivity index (χ1v) is 9.58. The Morgan fingerprint density at radius 1 is 1.00 bits per heavy atom. The Balaban J connectivity index is 2.06. The molecule has 29 heavy (non-hydrogen) atoms. The lowest BCUT2D eigenvalue weighted by Gasteiger charge is -2.14. The largest absolute Gasteiger partial charge is 0.508 e. The van der Waals surface area contributed by atoms with Gasteiger partial charge in [-0.2, -0.15) is 0 Å². The predicted molar refractivity (Wildman–Crippen MR) is 112 cm³/mol. The number of rotatable bonds is 5.